The number of rotatable bonds is 4. The lowest BCUT2D eigenvalue weighted by Gasteiger charge is -2.03. The number of hydrogen-bond acceptors (Lipinski definition) is 5. The summed E-state index contributed by atoms with van der Waals surface area (Å²) >= 11 is 0. The number of aromatic nitrogens is 4. The Morgan fingerprint density at radius 3 is 3.06 bits per heavy atom. The molecule has 92 valence electrons. The average Bonchev–Trinajstić information content (AvgIpc) is 2.86. The molecule has 1 heterocycles. The van der Waals surface area contributed by atoms with E-state index in [-0.39, 0.29) is 11.9 Å². The van der Waals surface area contributed by atoms with Gasteiger partial charge in [0.1, 0.15) is 5.75 Å². The fraction of sp³-hybridized carbons (Fsp3) is 0.0909. The van der Waals surface area contributed by atoms with E-state index < -0.39 is 0 Å². The summed E-state index contributed by atoms with van der Waals surface area (Å²) in [5.41, 5.74) is 0.448. The van der Waals surface area contributed by atoms with E-state index in [1.165, 1.54) is 13.3 Å². The fourth-order valence-electron chi connectivity index (χ4n) is 1.29. The SMILES string of the molecule is C=Cn1nnc(NC(=O)c2cccc(OC)c2)n1. The smallest absolute Gasteiger partial charge is 0.270 e. The summed E-state index contributed by atoms with van der Waals surface area (Å²) in [7, 11) is 1.54. The van der Waals surface area contributed by atoms with Gasteiger partial charge in [0.15, 0.2) is 0 Å². The third-order valence-corrected chi connectivity index (χ3v) is 2.15. The van der Waals surface area contributed by atoms with Crippen LogP contribution in [-0.2, 0) is 0 Å². The first kappa shape index (κ1) is 11.8. The molecular weight excluding hydrogens is 234 g/mol. The zero-order chi connectivity index (χ0) is 13.0. The number of tetrazole rings is 1. The summed E-state index contributed by atoms with van der Waals surface area (Å²) in [6, 6.07) is 6.76. The zero-order valence-electron chi connectivity index (χ0n) is 9.70. The van der Waals surface area contributed by atoms with Crippen molar-refractivity contribution in [1.29, 1.82) is 0 Å². The van der Waals surface area contributed by atoms with Gasteiger partial charge in [-0.15, -0.1) is 9.90 Å². The van der Waals surface area contributed by atoms with Gasteiger partial charge in [0.25, 0.3) is 11.9 Å². The van der Waals surface area contributed by atoms with Gasteiger partial charge < -0.3 is 4.74 Å². The van der Waals surface area contributed by atoms with Crippen molar-refractivity contribution in [3.8, 4) is 5.75 Å². The predicted molar refractivity (Wildman–Crippen MR) is 65.2 cm³/mol. The summed E-state index contributed by atoms with van der Waals surface area (Å²) in [5.74, 6) is 0.380. The first-order valence-corrected chi connectivity index (χ1v) is 5.10. The molecule has 0 aliphatic carbocycles. The van der Waals surface area contributed by atoms with E-state index in [0.29, 0.717) is 11.3 Å². The van der Waals surface area contributed by atoms with Crippen molar-refractivity contribution >= 4 is 18.1 Å². The molecule has 0 saturated carbocycles. The van der Waals surface area contributed by atoms with Crippen LogP contribution in [0.4, 0.5) is 5.95 Å². The molecule has 7 nitrogen and oxygen atoms in total. The second-order valence-corrected chi connectivity index (χ2v) is 3.30. The molecule has 18 heavy (non-hydrogen) atoms. The van der Waals surface area contributed by atoms with Crippen molar-refractivity contribution in [3.05, 3.63) is 36.4 Å². The molecule has 0 saturated heterocycles. The highest BCUT2D eigenvalue weighted by Gasteiger charge is 2.10. The summed E-state index contributed by atoms with van der Waals surface area (Å²) in [5, 5.41) is 13.6. The van der Waals surface area contributed by atoms with Crippen molar-refractivity contribution < 1.29 is 9.53 Å². The lowest BCUT2D eigenvalue weighted by atomic mass is 10.2. The molecular formula is C11H11N5O2. The molecule has 7 heteroatoms. The molecule has 0 radical (unpaired) electrons. The number of ether oxygens (including phenoxy) is 1. The number of methoxy groups -OCH3 is 1. The van der Waals surface area contributed by atoms with Crippen molar-refractivity contribution in [3.63, 3.8) is 0 Å². The van der Waals surface area contributed by atoms with Gasteiger partial charge in [0, 0.05) is 11.8 Å². The minimum absolute atomic E-state index is 0.114. The van der Waals surface area contributed by atoms with Gasteiger partial charge in [-0.2, -0.15) is 0 Å². The number of benzene rings is 1. The number of carbonyl (C=O) groups is 1. The Kier molecular flexibility index (Phi) is 3.33. The third kappa shape index (κ3) is 2.51. The number of nitrogens with zero attached hydrogens (tertiary/aromatic N) is 4. The molecule has 0 fully saturated rings. The first-order valence-electron chi connectivity index (χ1n) is 5.10. The van der Waals surface area contributed by atoms with Crippen LogP contribution in [0.1, 0.15) is 10.4 Å². The molecule has 1 aromatic carbocycles. The molecule has 1 aromatic heterocycles. The summed E-state index contributed by atoms with van der Waals surface area (Å²) in [4.78, 5) is 13.0. The van der Waals surface area contributed by atoms with E-state index in [4.69, 9.17) is 4.74 Å². The van der Waals surface area contributed by atoms with Gasteiger partial charge in [-0.1, -0.05) is 17.7 Å². The molecule has 0 aliphatic heterocycles. The van der Waals surface area contributed by atoms with Crippen molar-refractivity contribution in [2.75, 3.05) is 12.4 Å². The minimum Gasteiger partial charge on any atom is -0.497 e. The highest BCUT2D eigenvalue weighted by molar-refractivity contribution is 6.03. The lowest BCUT2D eigenvalue weighted by molar-refractivity contribution is 0.102. The largest absolute Gasteiger partial charge is 0.497 e. The number of amides is 1. The minimum atomic E-state index is -0.336. The topological polar surface area (TPSA) is 81.9 Å². The third-order valence-electron chi connectivity index (χ3n) is 2.15. The van der Waals surface area contributed by atoms with Gasteiger partial charge >= 0.3 is 0 Å². The average molecular weight is 245 g/mol. The molecule has 2 aromatic rings. The summed E-state index contributed by atoms with van der Waals surface area (Å²) in [6.45, 7) is 3.47. The van der Waals surface area contributed by atoms with E-state index >= 15 is 0 Å². The normalized spacial score (nSPS) is 9.83. The Morgan fingerprint density at radius 2 is 2.39 bits per heavy atom. The molecule has 1 amide bonds. The Bertz CT molecular complexity index is 578. The highest BCUT2D eigenvalue weighted by atomic mass is 16.5. The van der Waals surface area contributed by atoms with Crippen LogP contribution in [0.25, 0.3) is 6.20 Å². The van der Waals surface area contributed by atoms with E-state index in [0.717, 1.165) is 4.80 Å². The van der Waals surface area contributed by atoms with E-state index in [9.17, 15) is 4.79 Å². The maximum Gasteiger partial charge on any atom is 0.270 e. The molecule has 1 N–H and O–H groups in total. The second-order valence-electron chi connectivity index (χ2n) is 3.30. The lowest BCUT2D eigenvalue weighted by Crippen LogP contribution is -2.13. The summed E-state index contributed by atoms with van der Waals surface area (Å²) < 4.78 is 5.04. The first-order chi connectivity index (χ1) is 8.72. The van der Waals surface area contributed by atoms with Crippen LogP contribution < -0.4 is 10.1 Å². The van der Waals surface area contributed by atoms with E-state index in [1.54, 1.807) is 24.3 Å². The summed E-state index contributed by atoms with van der Waals surface area (Å²) in [6.07, 6.45) is 1.37. The number of nitrogens with one attached hydrogen (secondary N) is 1. The molecule has 0 atom stereocenters. The zero-order valence-corrected chi connectivity index (χ0v) is 9.70. The number of anilines is 1. The van der Waals surface area contributed by atoms with Crippen molar-refractivity contribution in [2.24, 2.45) is 0 Å². The van der Waals surface area contributed by atoms with Gasteiger partial charge in [0.2, 0.25) is 0 Å². The van der Waals surface area contributed by atoms with Crippen LogP contribution in [-0.4, -0.2) is 33.2 Å². The van der Waals surface area contributed by atoms with Crippen molar-refractivity contribution in [1.82, 2.24) is 20.2 Å². The van der Waals surface area contributed by atoms with Crippen LogP contribution >= 0.6 is 0 Å². The van der Waals surface area contributed by atoms with Crippen LogP contribution in [0.3, 0.4) is 0 Å². The molecule has 0 spiro atoms. The van der Waals surface area contributed by atoms with E-state index in [2.05, 4.69) is 27.3 Å². The molecule has 0 bridgehead atoms. The number of carbonyl (C=O) groups excluding carboxylic acids is 1. The van der Waals surface area contributed by atoms with E-state index in [1.807, 2.05) is 0 Å². The predicted octanol–water partition coefficient (Wildman–Crippen LogP) is 1.03. The Hall–Kier alpha value is -2.70. The van der Waals surface area contributed by atoms with Crippen LogP contribution in [0.5, 0.6) is 5.75 Å². The maximum atomic E-state index is 11.9. The monoisotopic (exact) mass is 245 g/mol. The van der Waals surface area contributed by atoms with Crippen LogP contribution in [0.15, 0.2) is 30.8 Å². The van der Waals surface area contributed by atoms with Crippen LogP contribution in [0, 0.1) is 0 Å². The number of hydrogen-bond donors (Lipinski definition) is 1. The Morgan fingerprint density at radius 1 is 1.56 bits per heavy atom. The Balaban J connectivity index is 2.13. The standard InChI is InChI=1S/C11H11N5O2/c1-3-16-14-11(13-15-16)12-10(17)8-5-4-6-9(7-8)18-2/h3-7H,1H2,2H3,(H,12,14,17). The Labute approximate surface area is 103 Å². The van der Waals surface area contributed by atoms with Gasteiger partial charge in [-0.3, -0.25) is 10.1 Å². The second kappa shape index (κ2) is 5.09. The highest BCUT2D eigenvalue weighted by Crippen LogP contribution is 2.13. The fourth-order valence-corrected chi connectivity index (χ4v) is 1.29. The maximum absolute atomic E-state index is 11.9. The van der Waals surface area contributed by atoms with Crippen LogP contribution in [0.2, 0.25) is 0 Å². The molecule has 0 aliphatic rings. The molecule has 0 unspecified atom stereocenters. The van der Waals surface area contributed by atoms with Gasteiger partial charge in [0.05, 0.1) is 7.11 Å². The van der Waals surface area contributed by atoms with Crippen molar-refractivity contribution in [2.45, 2.75) is 0 Å². The quantitative estimate of drug-likeness (QED) is 0.870. The molecule has 2 rings (SSSR count). The van der Waals surface area contributed by atoms with Gasteiger partial charge in [-0.05, 0) is 23.4 Å². The van der Waals surface area contributed by atoms with Gasteiger partial charge in [-0.25, -0.2) is 0 Å².